The van der Waals surface area contributed by atoms with Crippen molar-refractivity contribution in [2.45, 2.75) is 0 Å². The number of rotatable bonds is 8. The van der Waals surface area contributed by atoms with Crippen molar-refractivity contribution >= 4 is 49.6 Å². The maximum atomic E-state index is 2.44. The van der Waals surface area contributed by atoms with Gasteiger partial charge in [0.25, 0.3) is 0 Å². The molecule has 11 rings (SSSR count). The zero-order valence-electron chi connectivity index (χ0n) is 33.0. The van der Waals surface area contributed by atoms with Crippen LogP contribution in [0.2, 0.25) is 0 Å². The molecule has 60 heavy (non-hydrogen) atoms. The van der Waals surface area contributed by atoms with Crippen molar-refractivity contribution in [3.63, 3.8) is 0 Å². The van der Waals surface area contributed by atoms with Crippen LogP contribution in [0.25, 0.3) is 82.8 Å². The predicted octanol–water partition coefficient (Wildman–Crippen LogP) is 16.1. The van der Waals surface area contributed by atoms with E-state index in [1.54, 1.807) is 0 Å². The molecule has 0 saturated heterocycles. The first-order chi connectivity index (χ1) is 29.8. The number of anilines is 3. The first kappa shape index (κ1) is 35.2. The molecule has 0 N–H and O–H groups in total. The first-order valence-electron chi connectivity index (χ1n) is 20.6. The molecule has 0 spiro atoms. The van der Waals surface area contributed by atoms with E-state index in [4.69, 9.17) is 0 Å². The number of nitrogens with zero attached hydrogens (tertiary/aromatic N) is 2. The van der Waals surface area contributed by atoms with Crippen LogP contribution < -0.4 is 4.90 Å². The predicted molar refractivity (Wildman–Crippen MR) is 255 cm³/mol. The summed E-state index contributed by atoms with van der Waals surface area (Å²) in [6.45, 7) is 0. The van der Waals surface area contributed by atoms with E-state index in [2.05, 4.69) is 252 Å². The summed E-state index contributed by atoms with van der Waals surface area (Å²) in [5, 5.41) is 4.95. The molecule has 11 aromatic rings. The highest BCUT2D eigenvalue weighted by Crippen LogP contribution is 2.45. The molecule has 0 bridgehead atoms. The monoisotopic (exact) mass is 764 g/mol. The Morgan fingerprint density at radius 2 is 0.783 bits per heavy atom. The van der Waals surface area contributed by atoms with Gasteiger partial charge >= 0.3 is 0 Å². The lowest BCUT2D eigenvalue weighted by atomic mass is 9.94. The van der Waals surface area contributed by atoms with E-state index in [1.165, 1.54) is 77.1 Å². The topological polar surface area (TPSA) is 8.17 Å². The third-order valence-electron chi connectivity index (χ3n) is 11.8. The molecule has 0 amide bonds. The molecule has 0 radical (unpaired) electrons. The molecular weight excluding hydrogens is 725 g/mol. The lowest BCUT2D eigenvalue weighted by Gasteiger charge is -2.26. The van der Waals surface area contributed by atoms with E-state index in [9.17, 15) is 0 Å². The van der Waals surface area contributed by atoms with Crippen LogP contribution in [-0.4, -0.2) is 4.57 Å². The molecular formula is C58H40N2. The summed E-state index contributed by atoms with van der Waals surface area (Å²) >= 11 is 0. The Labute approximate surface area is 350 Å². The Morgan fingerprint density at radius 1 is 0.300 bits per heavy atom. The maximum Gasteiger partial charge on any atom is 0.0625 e. The van der Waals surface area contributed by atoms with Crippen molar-refractivity contribution in [2.24, 2.45) is 0 Å². The van der Waals surface area contributed by atoms with Gasteiger partial charge in [0.05, 0.1) is 11.0 Å². The fraction of sp³-hybridized carbons (Fsp3) is 0. The first-order valence-corrected chi connectivity index (χ1v) is 20.6. The second-order valence-corrected chi connectivity index (χ2v) is 15.3. The molecule has 10 aromatic carbocycles. The van der Waals surface area contributed by atoms with E-state index in [1.807, 2.05) is 0 Å². The van der Waals surface area contributed by atoms with Gasteiger partial charge in [-0.15, -0.1) is 0 Å². The third-order valence-corrected chi connectivity index (χ3v) is 11.8. The van der Waals surface area contributed by atoms with Crippen LogP contribution in [0.4, 0.5) is 17.1 Å². The largest absolute Gasteiger partial charge is 0.310 e. The molecule has 0 fully saturated rings. The van der Waals surface area contributed by atoms with Crippen LogP contribution in [0.3, 0.4) is 0 Å². The third kappa shape index (κ3) is 6.32. The summed E-state index contributed by atoms with van der Waals surface area (Å²) in [7, 11) is 0. The maximum absolute atomic E-state index is 2.44. The van der Waals surface area contributed by atoms with Gasteiger partial charge in [0.2, 0.25) is 0 Å². The van der Waals surface area contributed by atoms with Crippen LogP contribution in [0.5, 0.6) is 0 Å². The van der Waals surface area contributed by atoms with E-state index in [0.29, 0.717) is 0 Å². The smallest absolute Gasteiger partial charge is 0.0625 e. The van der Waals surface area contributed by atoms with Gasteiger partial charge in [0.15, 0.2) is 0 Å². The molecule has 1 heterocycles. The fourth-order valence-corrected chi connectivity index (χ4v) is 8.91. The van der Waals surface area contributed by atoms with Gasteiger partial charge in [0.1, 0.15) is 0 Å². The van der Waals surface area contributed by atoms with Crippen molar-refractivity contribution in [1.29, 1.82) is 0 Å². The highest BCUT2D eigenvalue weighted by molar-refractivity contribution is 6.24. The van der Waals surface area contributed by atoms with E-state index in [0.717, 1.165) is 22.7 Å². The number of fused-ring (bicyclic) bond motifs is 5. The van der Waals surface area contributed by atoms with E-state index < -0.39 is 0 Å². The average molecular weight is 765 g/mol. The van der Waals surface area contributed by atoms with Crippen molar-refractivity contribution in [2.75, 3.05) is 4.90 Å². The zero-order valence-corrected chi connectivity index (χ0v) is 33.0. The summed E-state index contributed by atoms with van der Waals surface area (Å²) in [6, 6.07) is 87.8. The van der Waals surface area contributed by atoms with Gasteiger partial charge in [-0.05, 0) is 117 Å². The van der Waals surface area contributed by atoms with Gasteiger partial charge in [-0.3, -0.25) is 0 Å². The Kier molecular flexibility index (Phi) is 8.87. The van der Waals surface area contributed by atoms with Crippen LogP contribution >= 0.6 is 0 Å². The zero-order chi connectivity index (χ0) is 39.8. The molecule has 1 aromatic heterocycles. The quantitative estimate of drug-likeness (QED) is 0.150. The average Bonchev–Trinajstić information content (AvgIpc) is 3.68. The Bertz CT molecular complexity index is 3270. The molecule has 0 atom stereocenters. The van der Waals surface area contributed by atoms with Crippen molar-refractivity contribution in [3.8, 4) is 50.2 Å². The van der Waals surface area contributed by atoms with Crippen LogP contribution in [0.15, 0.2) is 243 Å². The minimum atomic E-state index is 1.09. The van der Waals surface area contributed by atoms with Gasteiger partial charge in [-0.1, -0.05) is 176 Å². The molecule has 0 aliphatic heterocycles. The number of hydrogen-bond acceptors (Lipinski definition) is 1. The number of para-hydroxylation sites is 2. The standard InChI is InChI=1S/C58H40N2/c1-4-16-41(17-5-1)43-30-34-50(35-31-43)59(51-36-32-44(33-37-51)46-22-14-21-45(38-46)42-18-6-2-7-19-42)52-26-15-23-47(39-52)55-40-48-20-10-11-27-53(48)58-57(55)54-28-12-13-29-56(54)60(58)49-24-8-3-9-25-49/h1-40H. The number of aromatic nitrogens is 1. The SMILES string of the molecule is c1ccc(-c2ccc(N(c3ccc(-c4cccc(-c5ccccc5)c4)cc3)c3cccc(-c4cc5ccccc5c5c4c4ccccc4n5-c4ccccc4)c3)cc2)cc1. The van der Waals surface area contributed by atoms with Gasteiger partial charge in [0, 0.05) is 38.9 Å². The van der Waals surface area contributed by atoms with Crippen LogP contribution in [0.1, 0.15) is 0 Å². The molecule has 2 nitrogen and oxygen atoms in total. The Hall–Kier alpha value is -7.94. The molecule has 0 unspecified atom stereocenters. The Morgan fingerprint density at radius 3 is 1.45 bits per heavy atom. The molecule has 0 aliphatic rings. The van der Waals surface area contributed by atoms with Gasteiger partial charge in [-0.2, -0.15) is 0 Å². The second kappa shape index (κ2) is 15.1. The minimum Gasteiger partial charge on any atom is -0.310 e. The summed E-state index contributed by atoms with van der Waals surface area (Å²) < 4.78 is 2.44. The number of hydrogen-bond donors (Lipinski definition) is 0. The van der Waals surface area contributed by atoms with Crippen LogP contribution in [-0.2, 0) is 0 Å². The van der Waals surface area contributed by atoms with Crippen LogP contribution in [0, 0.1) is 0 Å². The van der Waals surface area contributed by atoms with Crippen molar-refractivity contribution in [3.05, 3.63) is 243 Å². The molecule has 2 heteroatoms. The summed E-state index contributed by atoms with van der Waals surface area (Å²) in [6.07, 6.45) is 0. The van der Waals surface area contributed by atoms with E-state index in [-0.39, 0.29) is 0 Å². The van der Waals surface area contributed by atoms with Crippen molar-refractivity contribution < 1.29 is 0 Å². The fourth-order valence-electron chi connectivity index (χ4n) is 8.91. The second-order valence-electron chi connectivity index (χ2n) is 15.3. The Balaban J connectivity index is 1.07. The molecule has 282 valence electrons. The summed E-state index contributed by atoms with van der Waals surface area (Å²) in [4.78, 5) is 2.38. The normalized spacial score (nSPS) is 11.3. The minimum absolute atomic E-state index is 1.09. The lowest BCUT2D eigenvalue weighted by Crippen LogP contribution is -2.10. The van der Waals surface area contributed by atoms with Gasteiger partial charge < -0.3 is 9.47 Å². The molecule has 0 aliphatic carbocycles. The molecule has 0 saturated carbocycles. The van der Waals surface area contributed by atoms with Crippen molar-refractivity contribution in [1.82, 2.24) is 4.57 Å². The number of benzene rings is 10. The lowest BCUT2D eigenvalue weighted by molar-refractivity contribution is 1.19. The van der Waals surface area contributed by atoms with E-state index >= 15 is 0 Å². The van der Waals surface area contributed by atoms with Gasteiger partial charge in [-0.25, -0.2) is 0 Å². The highest BCUT2D eigenvalue weighted by atomic mass is 15.1. The summed E-state index contributed by atoms with van der Waals surface area (Å²) in [5.41, 5.74) is 16.4. The highest BCUT2D eigenvalue weighted by Gasteiger charge is 2.21. The summed E-state index contributed by atoms with van der Waals surface area (Å²) in [5.74, 6) is 0.